The minimum Gasteiger partial charge on any atom is -0.398 e. The lowest BCUT2D eigenvalue weighted by Crippen LogP contribution is -2.54. The average Bonchev–Trinajstić information content (AvgIpc) is 2.39. The fraction of sp³-hybridized carbons (Fsp3) is 0.500. The van der Waals surface area contributed by atoms with Gasteiger partial charge < -0.3 is 15.6 Å². The molecule has 0 amide bonds. The van der Waals surface area contributed by atoms with E-state index in [1.807, 2.05) is 0 Å². The van der Waals surface area contributed by atoms with Crippen molar-refractivity contribution in [2.24, 2.45) is 0 Å². The summed E-state index contributed by atoms with van der Waals surface area (Å²) >= 11 is 0. The Morgan fingerprint density at radius 1 is 1.32 bits per heavy atom. The molecular weight excluding hydrogens is 268 g/mol. The lowest BCUT2D eigenvalue weighted by atomic mass is 9.93. The second kappa shape index (κ2) is 5.46. The third-order valence-corrected chi connectivity index (χ3v) is 4.96. The number of para-hydroxylation sites is 1. The van der Waals surface area contributed by atoms with Crippen LogP contribution in [0.1, 0.15) is 12.8 Å². The smallest absolute Gasteiger partial charge is 0.243 e. The van der Waals surface area contributed by atoms with Crippen molar-refractivity contribution < 1.29 is 18.3 Å². The van der Waals surface area contributed by atoms with E-state index in [1.54, 1.807) is 12.1 Å². The minimum atomic E-state index is -3.75. The van der Waals surface area contributed by atoms with Crippen LogP contribution in [0.2, 0.25) is 0 Å². The zero-order valence-corrected chi connectivity index (χ0v) is 11.3. The summed E-state index contributed by atoms with van der Waals surface area (Å²) in [5.41, 5.74) is 5.02. The van der Waals surface area contributed by atoms with Gasteiger partial charge in [-0.25, -0.2) is 13.1 Å². The summed E-state index contributed by atoms with van der Waals surface area (Å²) in [6, 6.07) is 6.26. The summed E-state index contributed by atoms with van der Waals surface area (Å²) in [7, 11) is -3.75. The lowest BCUT2D eigenvalue weighted by molar-refractivity contribution is 0.0223. The number of hydrogen-bond donors (Lipinski definition) is 3. The molecule has 1 aliphatic heterocycles. The normalized spacial score (nSPS) is 19.2. The maximum absolute atomic E-state index is 12.3. The van der Waals surface area contributed by atoms with E-state index in [-0.39, 0.29) is 17.2 Å². The molecule has 0 atom stereocenters. The molecule has 1 aliphatic rings. The fourth-order valence-electron chi connectivity index (χ4n) is 2.12. The van der Waals surface area contributed by atoms with Gasteiger partial charge in [-0.3, -0.25) is 0 Å². The van der Waals surface area contributed by atoms with Crippen LogP contribution < -0.4 is 10.5 Å². The first-order chi connectivity index (χ1) is 8.99. The summed E-state index contributed by atoms with van der Waals surface area (Å²) < 4.78 is 32.5. The van der Waals surface area contributed by atoms with Crippen molar-refractivity contribution in [1.82, 2.24) is 4.72 Å². The van der Waals surface area contributed by atoms with Crippen LogP contribution in [-0.2, 0) is 14.8 Å². The molecule has 106 valence electrons. The molecule has 1 aromatic carbocycles. The number of ether oxygens (including phenoxy) is 1. The predicted octanol–water partition coefficient (Wildman–Crippen LogP) is 0.0886. The largest absolute Gasteiger partial charge is 0.398 e. The molecule has 0 unspecified atom stereocenters. The lowest BCUT2D eigenvalue weighted by Gasteiger charge is -2.35. The van der Waals surface area contributed by atoms with E-state index in [2.05, 4.69) is 4.72 Å². The molecule has 7 heteroatoms. The van der Waals surface area contributed by atoms with Gasteiger partial charge >= 0.3 is 0 Å². The SMILES string of the molecule is Nc1ccccc1S(=O)(=O)NC1(CO)CCOCC1. The highest BCUT2D eigenvalue weighted by Crippen LogP contribution is 2.25. The Bertz CT molecular complexity index is 538. The van der Waals surface area contributed by atoms with Gasteiger partial charge in [0, 0.05) is 13.2 Å². The van der Waals surface area contributed by atoms with Crippen LogP contribution in [0.25, 0.3) is 0 Å². The number of anilines is 1. The van der Waals surface area contributed by atoms with Crippen molar-refractivity contribution in [1.29, 1.82) is 0 Å². The molecule has 0 aromatic heterocycles. The molecule has 1 saturated heterocycles. The molecule has 6 nitrogen and oxygen atoms in total. The summed E-state index contributed by atoms with van der Waals surface area (Å²) in [6.07, 6.45) is 0.880. The molecule has 2 rings (SSSR count). The zero-order chi connectivity index (χ0) is 13.9. The Balaban J connectivity index is 2.28. The summed E-state index contributed by atoms with van der Waals surface area (Å²) in [5, 5.41) is 9.51. The van der Waals surface area contributed by atoms with Crippen LogP contribution >= 0.6 is 0 Å². The van der Waals surface area contributed by atoms with Crippen LogP contribution in [0, 0.1) is 0 Å². The topological polar surface area (TPSA) is 102 Å². The molecule has 4 N–H and O–H groups in total. The van der Waals surface area contributed by atoms with Crippen molar-refractivity contribution in [3.63, 3.8) is 0 Å². The van der Waals surface area contributed by atoms with Gasteiger partial charge in [0.25, 0.3) is 0 Å². The summed E-state index contributed by atoms with van der Waals surface area (Å²) in [5.74, 6) is 0. The number of sulfonamides is 1. The summed E-state index contributed by atoms with van der Waals surface area (Å²) in [4.78, 5) is 0.0364. The van der Waals surface area contributed by atoms with Crippen LogP contribution in [0.15, 0.2) is 29.2 Å². The van der Waals surface area contributed by atoms with E-state index in [1.165, 1.54) is 12.1 Å². The second-order valence-electron chi connectivity index (χ2n) is 4.69. The number of nitrogen functional groups attached to an aromatic ring is 1. The number of nitrogens with one attached hydrogen (secondary N) is 1. The van der Waals surface area contributed by atoms with E-state index in [4.69, 9.17) is 10.5 Å². The van der Waals surface area contributed by atoms with Crippen molar-refractivity contribution in [2.45, 2.75) is 23.3 Å². The van der Waals surface area contributed by atoms with Crippen LogP contribution in [0.5, 0.6) is 0 Å². The first-order valence-corrected chi connectivity index (χ1v) is 7.55. The highest BCUT2D eigenvalue weighted by atomic mass is 32.2. The third-order valence-electron chi connectivity index (χ3n) is 3.31. The first kappa shape index (κ1) is 14.3. The van der Waals surface area contributed by atoms with Crippen molar-refractivity contribution in [2.75, 3.05) is 25.6 Å². The van der Waals surface area contributed by atoms with E-state index in [0.717, 1.165) is 0 Å². The average molecular weight is 286 g/mol. The number of benzene rings is 1. The fourth-order valence-corrected chi connectivity index (χ4v) is 3.70. The Kier molecular flexibility index (Phi) is 4.10. The quantitative estimate of drug-likeness (QED) is 0.681. The van der Waals surface area contributed by atoms with Gasteiger partial charge in [0.15, 0.2) is 0 Å². The Hall–Kier alpha value is -1.15. The van der Waals surface area contributed by atoms with Crippen molar-refractivity contribution in [3.05, 3.63) is 24.3 Å². The van der Waals surface area contributed by atoms with Crippen molar-refractivity contribution >= 4 is 15.7 Å². The summed E-state index contributed by atoms with van der Waals surface area (Å²) in [6.45, 7) is 0.586. The molecule has 1 fully saturated rings. The maximum Gasteiger partial charge on any atom is 0.243 e. The molecular formula is C12H18N2O4S. The second-order valence-corrected chi connectivity index (χ2v) is 6.34. The molecule has 0 radical (unpaired) electrons. The highest BCUT2D eigenvalue weighted by Gasteiger charge is 2.36. The third kappa shape index (κ3) is 3.06. The number of rotatable bonds is 4. The van der Waals surface area contributed by atoms with Gasteiger partial charge in [0.2, 0.25) is 10.0 Å². The van der Waals surface area contributed by atoms with Gasteiger partial charge in [-0.05, 0) is 25.0 Å². The number of hydrogen-bond acceptors (Lipinski definition) is 5. The standard InChI is InChI=1S/C12H18N2O4S/c13-10-3-1-2-4-11(10)19(16,17)14-12(9-15)5-7-18-8-6-12/h1-4,14-15H,5-9,13H2. The molecule has 1 heterocycles. The first-order valence-electron chi connectivity index (χ1n) is 6.06. The number of aliphatic hydroxyl groups excluding tert-OH is 1. The van der Waals surface area contributed by atoms with E-state index in [0.29, 0.717) is 26.1 Å². The van der Waals surface area contributed by atoms with E-state index >= 15 is 0 Å². The van der Waals surface area contributed by atoms with E-state index in [9.17, 15) is 13.5 Å². The van der Waals surface area contributed by atoms with Gasteiger partial charge in [-0.1, -0.05) is 12.1 Å². The number of aliphatic hydroxyl groups is 1. The Morgan fingerprint density at radius 2 is 1.95 bits per heavy atom. The Labute approximate surface area is 112 Å². The van der Waals surface area contributed by atoms with Crippen LogP contribution in [0.3, 0.4) is 0 Å². The molecule has 0 saturated carbocycles. The Morgan fingerprint density at radius 3 is 2.53 bits per heavy atom. The van der Waals surface area contributed by atoms with Gasteiger partial charge in [-0.15, -0.1) is 0 Å². The number of nitrogens with two attached hydrogens (primary N) is 1. The maximum atomic E-state index is 12.3. The monoisotopic (exact) mass is 286 g/mol. The van der Waals surface area contributed by atoms with Gasteiger partial charge in [0.05, 0.1) is 17.8 Å². The minimum absolute atomic E-state index is 0.0364. The molecule has 19 heavy (non-hydrogen) atoms. The molecule has 0 aliphatic carbocycles. The molecule has 1 aromatic rings. The zero-order valence-electron chi connectivity index (χ0n) is 10.5. The van der Waals surface area contributed by atoms with E-state index < -0.39 is 15.6 Å². The van der Waals surface area contributed by atoms with Crippen LogP contribution in [0.4, 0.5) is 5.69 Å². The molecule has 0 spiro atoms. The predicted molar refractivity (Wildman–Crippen MR) is 71.0 cm³/mol. The van der Waals surface area contributed by atoms with Gasteiger partial charge in [0.1, 0.15) is 4.90 Å². The van der Waals surface area contributed by atoms with Crippen LogP contribution in [-0.4, -0.2) is 38.9 Å². The van der Waals surface area contributed by atoms with Crippen molar-refractivity contribution in [3.8, 4) is 0 Å². The molecule has 0 bridgehead atoms. The highest BCUT2D eigenvalue weighted by molar-refractivity contribution is 7.89. The van der Waals surface area contributed by atoms with Gasteiger partial charge in [-0.2, -0.15) is 0 Å².